The van der Waals surface area contributed by atoms with Gasteiger partial charge in [-0.25, -0.2) is 0 Å². The summed E-state index contributed by atoms with van der Waals surface area (Å²) in [5.74, 6) is 0. The normalized spacial score (nSPS) is 14.2. The molecule has 0 unspecified atom stereocenters. The Morgan fingerprint density at radius 2 is 2.08 bits per heavy atom. The van der Waals surface area contributed by atoms with Crippen molar-refractivity contribution in [2.24, 2.45) is 5.73 Å². The van der Waals surface area contributed by atoms with Gasteiger partial charge in [-0.3, -0.25) is 0 Å². The number of nitrogens with two attached hydrogens (primary N) is 1. The van der Waals surface area contributed by atoms with Crippen LogP contribution in [0.4, 0.5) is 0 Å². The highest BCUT2D eigenvalue weighted by atomic mass is 16.3. The molecule has 0 fully saturated rings. The zero-order chi connectivity index (χ0) is 9.68. The highest BCUT2D eigenvalue weighted by molar-refractivity contribution is 5.52. The van der Waals surface area contributed by atoms with Gasteiger partial charge in [-0.05, 0) is 18.1 Å². The lowest BCUT2D eigenvalue weighted by Crippen LogP contribution is -2.20. The molecule has 1 aromatic rings. The summed E-state index contributed by atoms with van der Waals surface area (Å²) in [5.41, 5.74) is 7.32. The van der Waals surface area contributed by atoms with Gasteiger partial charge in [0.1, 0.15) is 0 Å². The molecule has 1 rings (SSSR count). The molecule has 0 aliphatic carbocycles. The molecule has 2 heteroatoms. The predicted octanol–water partition coefficient (Wildman–Crippen LogP) is 1.41. The molecule has 0 spiro atoms. The van der Waals surface area contributed by atoms with Crippen LogP contribution in [0.1, 0.15) is 12.5 Å². The average Bonchev–Trinajstić information content (AvgIpc) is 2.18. The molecule has 13 heavy (non-hydrogen) atoms. The van der Waals surface area contributed by atoms with Crippen molar-refractivity contribution >= 4 is 6.08 Å². The first-order valence-electron chi connectivity index (χ1n) is 4.35. The Kier molecular flexibility index (Phi) is 3.68. The summed E-state index contributed by atoms with van der Waals surface area (Å²) in [6, 6.07) is 9.88. The summed E-state index contributed by atoms with van der Waals surface area (Å²) in [4.78, 5) is 0. The lowest BCUT2D eigenvalue weighted by atomic mass is 10.1. The Hall–Kier alpha value is -1.12. The van der Waals surface area contributed by atoms with Crippen LogP contribution in [-0.2, 0) is 0 Å². The van der Waals surface area contributed by atoms with Gasteiger partial charge in [0.15, 0.2) is 0 Å². The third-order valence-electron chi connectivity index (χ3n) is 1.94. The number of aliphatic hydroxyl groups is 1. The summed E-state index contributed by atoms with van der Waals surface area (Å²) in [6.45, 7) is 2.15. The number of rotatable bonds is 3. The Labute approximate surface area is 78.7 Å². The van der Waals surface area contributed by atoms with E-state index in [9.17, 15) is 5.11 Å². The molecule has 0 saturated carbocycles. The van der Waals surface area contributed by atoms with E-state index in [1.165, 1.54) is 0 Å². The first kappa shape index (κ1) is 9.96. The average molecular weight is 177 g/mol. The fourth-order valence-electron chi connectivity index (χ4n) is 1.09. The maximum atomic E-state index is 9.39. The molecular weight excluding hydrogens is 162 g/mol. The van der Waals surface area contributed by atoms with Gasteiger partial charge in [0, 0.05) is 6.54 Å². The maximum absolute atomic E-state index is 9.39. The highest BCUT2D eigenvalue weighted by Crippen LogP contribution is 2.08. The summed E-state index contributed by atoms with van der Waals surface area (Å²) in [6.07, 6.45) is 1.41. The van der Waals surface area contributed by atoms with Crippen LogP contribution in [0.3, 0.4) is 0 Å². The smallest absolute Gasteiger partial charge is 0.0872 e. The van der Waals surface area contributed by atoms with Crippen LogP contribution in [0.25, 0.3) is 6.08 Å². The van der Waals surface area contributed by atoms with Gasteiger partial charge in [-0.15, -0.1) is 0 Å². The van der Waals surface area contributed by atoms with Gasteiger partial charge >= 0.3 is 0 Å². The number of hydrogen-bond donors (Lipinski definition) is 2. The molecule has 0 aromatic heterocycles. The van der Waals surface area contributed by atoms with Gasteiger partial charge in [-0.2, -0.15) is 0 Å². The first-order valence-corrected chi connectivity index (χ1v) is 4.35. The summed E-state index contributed by atoms with van der Waals surface area (Å²) in [5, 5.41) is 9.39. The summed E-state index contributed by atoms with van der Waals surface area (Å²) >= 11 is 0. The second kappa shape index (κ2) is 4.80. The molecule has 0 amide bonds. The quantitative estimate of drug-likeness (QED) is 0.733. The highest BCUT2D eigenvalue weighted by Gasteiger charge is 2.02. The van der Waals surface area contributed by atoms with Gasteiger partial charge < -0.3 is 10.8 Å². The predicted molar refractivity (Wildman–Crippen MR) is 55.2 cm³/mol. The van der Waals surface area contributed by atoms with Gasteiger partial charge in [-0.1, -0.05) is 36.4 Å². The van der Waals surface area contributed by atoms with E-state index in [2.05, 4.69) is 0 Å². The molecule has 1 atom stereocenters. The van der Waals surface area contributed by atoms with Crippen molar-refractivity contribution in [3.63, 3.8) is 0 Å². The summed E-state index contributed by atoms with van der Waals surface area (Å²) in [7, 11) is 0. The number of benzene rings is 1. The lowest BCUT2D eigenvalue weighted by molar-refractivity contribution is 0.220. The van der Waals surface area contributed by atoms with Crippen LogP contribution < -0.4 is 5.73 Å². The summed E-state index contributed by atoms with van der Waals surface area (Å²) < 4.78 is 0. The second-order valence-corrected chi connectivity index (χ2v) is 3.05. The monoisotopic (exact) mass is 177 g/mol. The van der Waals surface area contributed by atoms with Crippen LogP contribution in [0, 0.1) is 0 Å². The molecule has 3 N–H and O–H groups in total. The number of aliphatic hydroxyl groups excluding tert-OH is 1. The Balaban J connectivity index is 2.77. The standard InChI is InChI=1S/C11H15NO/c1-9(11(13)8-12)7-10-5-3-2-4-6-10/h2-7,11,13H,8,12H2,1H3/b9-7+/t11-/m1/s1. The van der Waals surface area contributed by atoms with Gasteiger partial charge in [0.05, 0.1) is 6.10 Å². The largest absolute Gasteiger partial charge is 0.387 e. The van der Waals surface area contributed by atoms with Crippen LogP contribution in [-0.4, -0.2) is 17.8 Å². The molecule has 0 bridgehead atoms. The van der Waals surface area contributed by atoms with E-state index in [0.29, 0.717) is 0 Å². The lowest BCUT2D eigenvalue weighted by Gasteiger charge is -2.07. The van der Waals surface area contributed by atoms with E-state index >= 15 is 0 Å². The van der Waals surface area contributed by atoms with E-state index in [1.54, 1.807) is 0 Å². The Morgan fingerprint density at radius 3 is 2.62 bits per heavy atom. The molecule has 70 valence electrons. The van der Waals surface area contributed by atoms with Crippen molar-refractivity contribution in [3.05, 3.63) is 41.5 Å². The van der Waals surface area contributed by atoms with E-state index in [4.69, 9.17) is 5.73 Å². The maximum Gasteiger partial charge on any atom is 0.0872 e. The van der Waals surface area contributed by atoms with E-state index < -0.39 is 6.10 Å². The molecule has 2 nitrogen and oxygen atoms in total. The first-order chi connectivity index (χ1) is 6.24. The molecule has 0 aliphatic rings. The molecule has 0 heterocycles. The Bertz CT molecular complexity index is 279. The van der Waals surface area contributed by atoms with E-state index in [1.807, 2.05) is 43.3 Å². The Morgan fingerprint density at radius 1 is 1.46 bits per heavy atom. The van der Waals surface area contributed by atoms with Crippen molar-refractivity contribution < 1.29 is 5.11 Å². The van der Waals surface area contributed by atoms with Crippen LogP contribution in [0.5, 0.6) is 0 Å². The molecular formula is C11H15NO. The molecule has 1 aromatic carbocycles. The molecule has 0 saturated heterocycles. The van der Waals surface area contributed by atoms with Crippen molar-refractivity contribution in [1.29, 1.82) is 0 Å². The minimum atomic E-state index is -0.528. The fourth-order valence-corrected chi connectivity index (χ4v) is 1.09. The second-order valence-electron chi connectivity index (χ2n) is 3.05. The molecule has 0 aliphatic heterocycles. The van der Waals surface area contributed by atoms with Crippen molar-refractivity contribution in [1.82, 2.24) is 0 Å². The fraction of sp³-hybridized carbons (Fsp3) is 0.273. The van der Waals surface area contributed by atoms with Crippen molar-refractivity contribution in [3.8, 4) is 0 Å². The zero-order valence-electron chi connectivity index (χ0n) is 7.77. The minimum Gasteiger partial charge on any atom is -0.387 e. The number of hydrogen-bond acceptors (Lipinski definition) is 2. The van der Waals surface area contributed by atoms with Gasteiger partial charge in [0.25, 0.3) is 0 Å². The minimum absolute atomic E-state index is 0.273. The zero-order valence-corrected chi connectivity index (χ0v) is 7.77. The van der Waals surface area contributed by atoms with E-state index in [0.717, 1.165) is 11.1 Å². The van der Waals surface area contributed by atoms with Crippen molar-refractivity contribution in [2.75, 3.05) is 6.54 Å². The topological polar surface area (TPSA) is 46.2 Å². The SMILES string of the molecule is C/C(=C\c1ccccc1)[C@H](O)CN. The van der Waals surface area contributed by atoms with Crippen LogP contribution in [0.2, 0.25) is 0 Å². The van der Waals surface area contributed by atoms with Gasteiger partial charge in [0.2, 0.25) is 0 Å². The van der Waals surface area contributed by atoms with Crippen molar-refractivity contribution in [2.45, 2.75) is 13.0 Å². The van der Waals surface area contributed by atoms with Crippen LogP contribution in [0.15, 0.2) is 35.9 Å². The van der Waals surface area contributed by atoms with E-state index in [-0.39, 0.29) is 6.54 Å². The molecule has 0 radical (unpaired) electrons. The third kappa shape index (κ3) is 3.01. The third-order valence-corrected chi connectivity index (χ3v) is 1.94. The van der Waals surface area contributed by atoms with Crippen LogP contribution >= 0.6 is 0 Å².